The van der Waals surface area contributed by atoms with Crippen LogP contribution >= 0.6 is 11.3 Å². The Morgan fingerprint density at radius 2 is 1.55 bits per heavy atom. The van der Waals surface area contributed by atoms with E-state index in [4.69, 9.17) is 9.97 Å². The Bertz CT molecular complexity index is 2070. The van der Waals surface area contributed by atoms with Crippen molar-refractivity contribution in [3.8, 4) is 21.8 Å². The normalized spacial score (nSPS) is 16.6. The van der Waals surface area contributed by atoms with Crippen LogP contribution in [-0.4, -0.2) is 98.8 Å². The maximum atomic E-state index is 16.2. The fourth-order valence-corrected chi connectivity index (χ4v) is 10.0. The van der Waals surface area contributed by atoms with Crippen molar-refractivity contribution in [3.63, 3.8) is 0 Å². The number of nitrogens with zero attached hydrogens (tertiary/aromatic N) is 6. The summed E-state index contributed by atoms with van der Waals surface area (Å²) < 4.78 is 102. The third-order valence-corrected chi connectivity index (χ3v) is 13.3. The Hall–Kier alpha value is -3.88. The second-order valence-corrected chi connectivity index (χ2v) is 16.4. The van der Waals surface area contributed by atoms with Crippen LogP contribution in [0.25, 0.3) is 21.8 Å². The largest absolute Gasteiger partial charge is 0.351 e. The van der Waals surface area contributed by atoms with Gasteiger partial charge in [0.2, 0.25) is 5.95 Å². The van der Waals surface area contributed by atoms with Crippen molar-refractivity contribution in [1.29, 1.82) is 0 Å². The number of hydrogen-bond acceptors (Lipinski definition) is 11. The monoisotopic (exact) mass is 765 g/mol. The van der Waals surface area contributed by atoms with Crippen molar-refractivity contribution in [2.75, 3.05) is 67.3 Å². The second kappa shape index (κ2) is 15.4. The summed E-state index contributed by atoms with van der Waals surface area (Å²) in [5, 5.41) is 7.07. The zero-order chi connectivity index (χ0) is 36.3. The van der Waals surface area contributed by atoms with Crippen LogP contribution in [0.4, 0.5) is 29.9 Å². The smallest absolute Gasteiger partial charge is 0.282 e. The molecule has 0 aliphatic carbocycles. The van der Waals surface area contributed by atoms with Gasteiger partial charge in [-0.25, -0.2) is 36.5 Å². The summed E-state index contributed by atoms with van der Waals surface area (Å²) in [4.78, 5) is 15.1. The summed E-state index contributed by atoms with van der Waals surface area (Å²) in [5.41, 5.74) is 0.0402. The highest BCUT2D eigenvalue weighted by Crippen LogP contribution is 2.42. The lowest BCUT2D eigenvalue weighted by molar-refractivity contribution is 0.280. The lowest BCUT2D eigenvalue weighted by Crippen LogP contribution is -2.54. The zero-order valence-electron chi connectivity index (χ0n) is 27.9. The van der Waals surface area contributed by atoms with Gasteiger partial charge in [0.15, 0.2) is 15.8 Å². The van der Waals surface area contributed by atoms with Gasteiger partial charge in [0.25, 0.3) is 20.2 Å². The summed E-state index contributed by atoms with van der Waals surface area (Å²) in [7, 11) is -8.39. The number of rotatable bonds is 12. The molecule has 6 rings (SSSR count). The summed E-state index contributed by atoms with van der Waals surface area (Å²) in [5.74, 6) is -3.33. The van der Waals surface area contributed by atoms with Gasteiger partial charge in [-0.1, -0.05) is 23.5 Å². The van der Waals surface area contributed by atoms with E-state index in [1.165, 1.54) is 32.1 Å². The summed E-state index contributed by atoms with van der Waals surface area (Å²) in [6.45, 7) is 7.94. The van der Waals surface area contributed by atoms with Crippen LogP contribution in [0.2, 0.25) is 0 Å². The topological polar surface area (TPSA) is 153 Å². The van der Waals surface area contributed by atoms with Gasteiger partial charge in [0.05, 0.1) is 22.0 Å². The number of nitrogens with one attached hydrogen (secondary N) is 3. The van der Waals surface area contributed by atoms with Crippen LogP contribution in [0.15, 0.2) is 53.6 Å². The van der Waals surface area contributed by atoms with Crippen molar-refractivity contribution < 1.29 is 30.0 Å². The van der Waals surface area contributed by atoms with Crippen molar-refractivity contribution >= 4 is 48.3 Å². The van der Waals surface area contributed by atoms with Gasteiger partial charge in [-0.05, 0) is 57.0 Å². The quantitative estimate of drug-likeness (QED) is 0.190. The molecule has 274 valence electrons. The van der Waals surface area contributed by atoms with E-state index in [0.717, 1.165) is 24.3 Å². The highest BCUT2D eigenvalue weighted by Gasteiger charge is 2.34. The summed E-state index contributed by atoms with van der Waals surface area (Å²) >= 11 is 1.27. The van der Waals surface area contributed by atoms with E-state index in [1.54, 1.807) is 12.3 Å². The minimum atomic E-state index is -4.85. The van der Waals surface area contributed by atoms with Crippen molar-refractivity contribution in [3.05, 3.63) is 66.1 Å². The Balaban J connectivity index is 1.27. The Morgan fingerprint density at radius 1 is 0.902 bits per heavy atom. The fourth-order valence-electron chi connectivity index (χ4n) is 6.03. The van der Waals surface area contributed by atoms with Gasteiger partial charge >= 0.3 is 0 Å². The Morgan fingerprint density at radius 3 is 2.22 bits per heavy atom. The highest BCUT2D eigenvalue weighted by atomic mass is 32.2. The molecule has 3 N–H and O–H groups in total. The van der Waals surface area contributed by atoms with E-state index in [0.29, 0.717) is 86.9 Å². The Kier molecular flexibility index (Phi) is 11.1. The molecular weight excluding hydrogens is 728 g/mol. The number of anilines is 3. The van der Waals surface area contributed by atoms with Crippen LogP contribution in [0.1, 0.15) is 26.7 Å². The summed E-state index contributed by atoms with van der Waals surface area (Å²) in [6.07, 6.45) is 2.64. The van der Waals surface area contributed by atoms with E-state index < -0.39 is 48.3 Å². The van der Waals surface area contributed by atoms with Crippen molar-refractivity contribution in [2.24, 2.45) is 0 Å². The number of aromatic nitrogens is 3. The van der Waals surface area contributed by atoms with Crippen molar-refractivity contribution in [2.45, 2.75) is 37.6 Å². The molecule has 2 aliphatic rings. The molecule has 2 aliphatic heterocycles. The molecule has 0 unspecified atom stereocenters. The number of thiazole rings is 1. The van der Waals surface area contributed by atoms with Crippen LogP contribution in [0.5, 0.6) is 0 Å². The van der Waals surface area contributed by atoms with Gasteiger partial charge in [-0.15, -0.1) is 0 Å². The average Bonchev–Trinajstić information content (AvgIpc) is 3.55. The maximum Gasteiger partial charge on any atom is 0.282 e. The first-order valence-electron chi connectivity index (χ1n) is 16.5. The number of halogens is 3. The third-order valence-electron chi connectivity index (χ3n) is 8.74. The number of benzene rings is 2. The number of sulfonamides is 1. The van der Waals surface area contributed by atoms with Gasteiger partial charge in [-0.3, -0.25) is 4.72 Å². The lowest BCUT2D eigenvalue weighted by Gasteiger charge is -2.36. The maximum absolute atomic E-state index is 16.2. The molecule has 0 saturated carbocycles. The molecule has 0 amide bonds. The van der Waals surface area contributed by atoms with Gasteiger partial charge in [0.1, 0.15) is 11.6 Å². The van der Waals surface area contributed by atoms with E-state index in [1.807, 2.05) is 23.5 Å². The standard InChI is InChI=1S/C32H38F3N9O4S3/c1-3-42(4-2)32-40-28(22-7-5-10-25(27(22)35)41-50(45,46)30-23(33)8-6-9-24(30)34)29(49-32)26-11-14-37-31(39-26)38-21-12-17-43(18-13-21)51(47,48)44-19-15-36-16-20-44/h5-11,14,21,36,41H,3-4,12-13,15-20H2,1-2H3,(H,37,38,39). The SMILES string of the molecule is CCN(CC)c1nc(-c2cccc(NS(=O)(=O)c3c(F)cccc3F)c2F)c(-c2ccnc(NC3CCN(S(=O)(=O)N4CCNCC4)CC3)n2)s1. The molecule has 0 atom stereocenters. The average molecular weight is 766 g/mol. The Labute approximate surface area is 299 Å². The molecule has 0 spiro atoms. The number of hydrogen-bond donors (Lipinski definition) is 3. The molecule has 2 aromatic carbocycles. The minimum Gasteiger partial charge on any atom is -0.351 e. The molecule has 0 radical (unpaired) electrons. The van der Waals surface area contributed by atoms with Gasteiger partial charge in [-0.2, -0.15) is 17.0 Å². The second-order valence-electron chi connectivity index (χ2n) is 11.9. The molecule has 0 bridgehead atoms. The molecule has 19 heteroatoms. The molecular formula is C32H38F3N9O4S3. The van der Waals surface area contributed by atoms with Gasteiger partial charge < -0.3 is 15.5 Å². The predicted octanol–water partition coefficient (Wildman–Crippen LogP) is 4.36. The molecule has 2 aromatic heterocycles. The van der Waals surface area contributed by atoms with Crippen LogP contribution in [-0.2, 0) is 20.2 Å². The minimum absolute atomic E-state index is 0.0555. The molecule has 51 heavy (non-hydrogen) atoms. The van der Waals surface area contributed by atoms with E-state index in [2.05, 4.69) is 15.6 Å². The molecule has 13 nitrogen and oxygen atoms in total. The zero-order valence-corrected chi connectivity index (χ0v) is 30.4. The predicted molar refractivity (Wildman–Crippen MR) is 191 cm³/mol. The lowest BCUT2D eigenvalue weighted by atomic mass is 10.1. The van der Waals surface area contributed by atoms with E-state index in [-0.39, 0.29) is 17.3 Å². The van der Waals surface area contributed by atoms with Crippen LogP contribution in [0.3, 0.4) is 0 Å². The summed E-state index contributed by atoms with van der Waals surface area (Å²) in [6, 6.07) is 8.19. The van der Waals surface area contributed by atoms with Crippen LogP contribution in [0, 0.1) is 17.5 Å². The van der Waals surface area contributed by atoms with Crippen molar-refractivity contribution in [1.82, 2.24) is 28.9 Å². The highest BCUT2D eigenvalue weighted by molar-refractivity contribution is 7.92. The number of piperidine rings is 1. The first kappa shape index (κ1) is 36.9. The van der Waals surface area contributed by atoms with E-state index in [9.17, 15) is 25.6 Å². The van der Waals surface area contributed by atoms with Crippen LogP contribution < -0.4 is 20.3 Å². The molecule has 4 heterocycles. The molecule has 2 saturated heterocycles. The van der Waals surface area contributed by atoms with Gasteiger partial charge in [0, 0.05) is 70.2 Å². The van der Waals surface area contributed by atoms with E-state index >= 15 is 4.39 Å². The first-order valence-corrected chi connectivity index (χ1v) is 20.2. The third kappa shape index (κ3) is 7.82. The fraction of sp³-hybridized carbons (Fsp3) is 0.406. The first-order chi connectivity index (χ1) is 24.4. The molecule has 2 fully saturated rings. The molecule has 4 aromatic rings. The number of piperazine rings is 1.